The smallest absolute Gasteiger partial charge is 0.390 e. The molecule has 0 saturated carbocycles. The lowest BCUT2D eigenvalue weighted by molar-refractivity contribution is -0.394. The fourth-order valence-corrected chi connectivity index (χ4v) is 1.90. The van der Waals surface area contributed by atoms with Crippen molar-refractivity contribution in [3.63, 3.8) is 0 Å². The van der Waals surface area contributed by atoms with Crippen LogP contribution in [0.15, 0.2) is 10.8 Å². The molecule has 2 rings (SSSR count). The lowest BCUT2D eigenvalue weighted by atomic mass is 10.4. The fraction of sp³-hybridized carbons (Fsp3) is 0.250. The van der Waals surface area contributed by atoms with E-state index in [0.717, 1.165) is 0 Å². The van der Waals surface area contributed by atoms with Gasteiger partial charge in [-0.15, -0.1) is 0 Å². The van der Waals surface area contributed by atoms with Gasteiger partial charge in [0, 0.05) is 26.7 Å². The van der Waals surface area contributed by atoms with Gasteiger partial charge in [0.25, 0.3) is 4.73 Å². The van der Waals surface area contributed by atoms with Crippen molar-refractivity contribution in [2.75, 3.05) is 0 Å². The van der Waals surface area contributed by atoms with Crippen molar-refractivity contribution in [2.24, 2.45) is 0 Å². The second kappa shape index (κ2) is 4.94. The first-order valence-electron chi connectivity index (χ1n) is 4.70. The van der Waals surface area contributed by atoms with Gasteiger partial charge < -0.3 is 10.1 Å². The zero-order valence-corrected chi connectivity index (χ0v) is 11.4. The van der Waals surface area contributed by atoms with E-state index in [0.29, 0.717) is 16.7 Å². The Morgan fingerprint density at radius 3 is 2.78 bits per heavy atom. The topological polar surface area (TPSA) is 99.6 Å². The van der Waals surface area contributed by atoms with E-state index in [1.165, 1.54) is 4.68 Å². The zero-order valence-electron chi connectivity index (χ0n) is 9.04. The van der Waals surface area contributed by atoms with Gasteiger partial charge in [-0.1, -0.05) is 11.6 Å². The molecule has 94 valence electrons. The Kier molecular flexibility index (Phi) is 3.53. The maximum absolute atomic E-state index is 10.5. The van der Waals surface area contributed by atoms with Crippen molar-refractivity contribution < 1.29 is 4.92 Å². The van der Waals surface area contributed by atoms with Gasteiger partial charge in [-0.3, -0.25) is 0 Å². The number of nitrogens with zero attached hydrogens (tertiary/aromatic N) is 6. The van der Waals surface area contributed by atoms with Crippen LogP contribution in [0.1, 0.15) is 11.5 Å². The van der Waals surface area contributed by atoms with Crippen molar-refractivity contribution in [2.45, 2.75) is 13.5 Å². The summed E-state index contributed by atoms with van der Waals surface area (Å²) in [7, 11) is 0. The SMILES string of the molecule is Cc1cc(Cl)nc(Cn2nc([N+](=O)[O-])nc2Br)n1. The van der Waals surface area contributed by atoms with Gasteiger partial charge in [-0.25, -0.2) is 9.97 Å². The van der Waals surface area contributed by atoms with Crippen LogP contribution in [0.4, 0.5) is 5.95 Å². The summed E-state index contributed by atoms with van der Waals surface area (Å²) in [5, 5.41) is 14.5. The average Bonchev–Trinajstić information content (AvgIpc) is 2.59. The molecule has 0 bridgehead atoms. The Balaban J connectivity index is 2.30. The third-order valence-electron chi connectivity index (χ3n) is 1.94. The largest absolute Gasteiger partial charge is 0.492 e. The monoisotopic (exact) mass is 332 g/mol. The maximum atomic E-state index is 10.5. The van der Waals surface area contributed by atoms with Gasteiger partial charge >= 0.3 is 5.95 Å². The lowest BCUT2D eigenvalue weighted by Gasteiger charge is -2.00. The average molecular weight is 334 g/mol. The van der Waals surface area contributed by atoms with E-state index >= 15 is 0 Å². The Bertz CT molecular complexity index is 595. The molecule has 18 heavy (non-hydrogen) atoms. The summed E-state index contributed by atoms with van der Waals surface area (Å²) in [4.78, 5) is 21.6. The van der Waals surface area contributed by atoms with Crippen LogP contribution in [0.2, 0.25) is 5.15 Å². The van der Waals surface area contributed by atoms with Gasteiger partial charge in [0.2, 0.25) is 0 Å². The lowest BCUT2D eigenvalue weighted by Crippen LogP contribution is -2.07. The van der Waals surface area contributed by atoms with E-state index in [9.17, 15) is 10.1 Å². The molecule has 0 aliphatic rings. The van der Waals surface area contributed by atoms with E-state index in [1.807, 2.05) is 0 Å². The van der Waals surface area contributed by atoms with Crippen LogP contribution >= 0.6 is 27.5 Å². The number of hydrogen-bond donors (Lipinski definition) is 0. The van der Waals surface area contributed by atoms with Crippen LogP contribution in [-0.4, -0.2) is 29.7 Å². The van der Waals surface area contributed by atoms with Gasteiger partial charge in [0.1, 0.15) is 11.7 Å². The van der Waals surface area contributed by atoms with Crippen LogP contribution in [0.25, 0.3) is 0 Å². The maximum Gasteiger partial charge on any atom is 0.492 e. The summed E-state index contributed by atoms with van der Waals surface area (Å²) in [6, 6.07) is 1.61. The van der Waals surface area contributed by atoms with Crippen LogP contribution in [0.5, 0.6) is 0 Å². The Morgan fingerprint density at radius 2 is 2.22 bits per heavy atom. The molecule has 0 fully saturated rings. The minimum absolute atomic E-state index is 0.142. The normalized spacial score (nSPS) is 10.6. The predicted octanol–water partition coefficient (Wildman–Crippen LogP) is 1.75. The molecule has 0 aromatic carbocycles. The highest BCUT2D eigenvalue weighted by molar-refractivity contribution is 9.10. The zero-order chi connectivity index (χ0) is 13.3. The van der Waals surface area contributed by atoms with Gasteiger partial charge in [-0.05, 0) is 22.9 Å². The highest BCUT2D eigenvalue weighted by Gasteiger charge is 2.20. The molecule has 0 unspecified atom stereocenters. The number of nitro groups is 1. The van der Waals surface area contributed by atoms with Gasteiger partial charge in [0.05, 0.1) is 0 Å². The van der Waals surface area contributed by atoms with Crippen molar-refractivity contribution in [1.82, 2.24) is 24.7 Å². The Labute approximate surface area is 114 Å². The fourth-order valence-electron chi connectivity index (χ4n) is 1.28. The Hall–Kier alpha value is -1.61. The van der Waals surface area contributed by atoms with Gasteiger partial charge in [0.15, 0.2) is 5.82 Å². The summed E-state index contributed by atoms with van der Waals surface area (Å²) in [5.41, 5.74) is 0.704. The number of halogens is 2. The molecule has 8 nitrogen and oxygen atoms in total. The van der Waals surface area contributed by atoms with Gasteiger partial charge in [-0.2, -0.15) is 4.68 Å². The van der Waals surface area contributed by atoms with Crippen LogP contribution < -0.4 is 0 Å². The van der Waals surface area contributed by atoms with E-state index in [1.54, 1.807) is 13.0 Å². The standard InChI is InChI=1S/C8H6BrClN6O2/c1-4-2-5(10)12-6(11-4)3-15-7(9)13-8(14-15)16(17)18/h2H,3H2,1H3. The highest BCUT2D eigenvalue weighted by atomic mass is 79.9. The molecular weight excluding hydrogens is 327 g/mol. The quantitative estimate of drug-likeness (QED) is 0.482. The number of hydrogen-bond acceptors (Lipinski definition) is 6. The number of rotatable bonds is 3. The molecule has 2 aromatic rings. The third kappa shape index (κ3) is 2.79. The molecule has 0 saturated heterocycles. The Morgan fingerprint density at radius 1 is 1.50 bits per heavy atom. The van der Waals surface area contributed by atoms with Crippen LogP contribution in [0.3, 0.4) is 0 Å². The van der Waals surface area contributed by atoms with Crippen molar-refractivity contribution in [3.05, 3.63) is 37.6 Å². The first-order valence-corrected chi connectivity index (χ1v) is 5.87. The summed E-state index contributed by atoms with van der Waals surface area (Å²) in [6.07, 6.45) is 0. The van der Waals surface area contributed by atoms with E-state index in [-0.39, 0.29) is 11.3 Å². The summed E-state index contributed by atoms with van der Waals surface area (Å²) in [6.45, 7) is 1.92. The third-order valence-corrected chi connectivity index (χ3v) is 2.72. The minimum Gasteiger partial charge on any atom is -0.390 e. The minimum atomic E-state index is -0.675. The van der Waals surface area contributed by atoms with E-state index < -0.39 is 10.9 Å². The molecule has 10 heteroatoms. The molecule has 0 aliphatic carbocycles. The molecule has 0 radical (unpaired) electrons. The van der Waals surface area contributed by atoms with Crippen LogP contribution in [-0.2, 0) is 6.54 Å². The van der Waals surface area contributed by atoms with E-state index in [2.05, 4.69) is 36.0 Å². The summed E-state index contributed by atoms with van der Waals surface area (Å²) in [5.74, 6) is -0.0823. The van der Waals surface area contributed by atoms with Crippen molar-refractivity contribution in [3.8, 4) is 0 Å². The van der Waals surface area contributed by atoms with E-state index in [4.69, 9.17) is 11.6 Å². The molecule has 0 N–H and O–H groups in total. The first-order chi connectivity index (χ1) is 8.45. The highest BCUT2D eigenvalue weighted by Crippen LogP contribution is 2.14. The van der Waals surface area contributed by atoms with Crippen LogP contribution in [0, 0.1) is 17.0 Å². The first kappa shape index (κ1) is 12.8. The molecule has 0 aliphatic heterocycles. The summed E-state index contributed by atoms with van der Waals surface area (Å²) >= 11 is 8.87. The second-order valence-corrected chi connectivity index (χ2v) is 4.44. The van der Waals surface area contributed by atoms with Crippen molar-refractivity contribution >= 4 is 33.5 Å². The molecule has 2 heterocycles. The molecule has 2 aromatic heterocycles. The molecular formula is C8H6BrClN6O2. The molecule has 0 spiro atoms. The summed E-state index contributed by atoms with van der Waals surface area (Å²) < 4.78 is 1.51. The second-order valence-electron chi connectivity index (χ2n) is 3.34. The number of aromatic nitrogens is 5. The number of aryl methyl sites for hydroxylation is 1. The molecule has 0 atom stereocenters. The molecule has 0 amide bonds. The van der Waals surface area contributed by atoms with Crippen molar-refractivity contribution in [1.29, 1.82) is 0 Å². The predicted molar refractivity (Wildman–Crippen MR) is 65.3 cm³/mol.